The molecular weight excluding hydrogens is 152 g/mol. The molecule has 2 heteroatoms. The highest BCUT2D eigenvalue weighted by atomic mass is 16.4. The monoisotopic (exact) mass is 166 g/mol. The van der Waals surface area contributed by atoms with Gasteiger partial charge in [-0.25, -0.2) is 0 Å². The molecule has 0 bridgehead atoms. The summed E-state index contributed by atoms with van der Waals surface area (Å²) in [6, 6.07) is 0. The molecule has 0 aliphatic rings. The fraction of sp³-hybridized carbons (Fsp3) is 0.300. The smallest absolute Gasteiger partial charge is 0.312 e. The highest BCUT2D eigenvalue weighted by Crippen LogP contribution is 2.17. The Morgan fingerprint density at radius 2 is 2.00 bits per heavy atom. The van der Waals surface area contributed by atoms with Crippen LogP contribution in [0.1, 0.15) is 13.8 Å². The van der Waals surface area contributed by atoms with Crippen LogP contribution in [0.4, 0.5) is 0 Å². The normalized spacial score (nSPS) is 11.5. The van der Waals surface area contributed by atoms with E-state index in [-0.39, 0.29) is 0 Å². The lowest BCUT2D eigenvalue weighted by Gasteiger charge is -2.12. The lowest BCUT2D eigenvalue weighted by atomic mass is 9.93. The van der Waals surface area contributed by atoms with Crippen LogP contribution >= 0.6 is 0 Å². The van der Waals surface area contributed by atoms with E-state index >= 15 is 0 Å². The number of carbonyl (C=O) groups is 1. The minimum Gasteiger partial charge on any atom is -0.481 e. The second kappa shape index (κ2) is 3.90. The van der Waals surface area contributed by atoms with Crippen LogP contribution in [0.3, 0.4) is 0 Å². The molecule has 0 atom stereocenters. The summed E-state index contributed by atoms with van der Waals surface area (Å²) < 4.78 is 0. The predicted octanol–water partition coefficient (Wildman–Crippen LogP) is 2.40. The van der Waals surface area contributed by atoms with Crippen molar-refractivity contribution in [3.63, 3.8) is 0 Å². The highest BCUT2D eigenvalue weighted by Gasteiger charge is 2.22. The Morgan fingerprint density at radius 1 is 1.50 bits per heavy atom. The number of hydrogen-bond acceptors (Lipinski definition) is 1. The molecular formula is C10H14O2. The number of rotatable bonds is 4. The third kappa shape index (κ3) is 3.19. The Morgan fingerprint density at radius 3 is 2.33 bits per heavy atom. The second-order valence-corrected chi connectivity index (χ2v) is 3.14. The minimum atomic E-state index is -0.851. The average molecular weight is 166 g/mol. The van der Waals surface area contributed by atoms with Gasteiger partial charge in [0.1, 0.15) is 0 Å². The predicted molar refractivity (Wildman–Crippen MR) is 49.9 cm³/mol. The first kappa shape index (κ1) is 10.7. The number of carboxylic acids is 1. The van der Waals surface area contributed by atoms with Crippen LogP contribution in [0, 0.1) is 5.41 Å². The summed E-state index contributed by atoms with van der Waals surface area (Å²) >= 11 is 0. The molecule has 0 aromatic carbocycles. The number of aliphatic carboxylic acids is 1. The van der Waals surface area contributed by atoms with Crippen molar-refractivity contribution in [3.05, 3.63) is 37.0 Å². The van der Waals surface area contributed by atoms with Gasteiger partial charge in [-0.1, -0.05) is 31.4 Å². The Labute approximate surface area is 72.9 Å². The topological polar surface area (TPSA) is 37.3 Å². The van der Waals surface area contributed by atoms with E-state index in [9.17, 15) is 4.79 Å². The van der Waals surface area contributed by atoms with Gasteiger partial charge in [-0.2, -0.15) is 0 Å². The van der Waals surface area contributed by atoms with Crippen molar-refractivity contribution in [2.45, 2.75) is 13.8 Å². The maximum atomic E-state index is 10.6. The summed E-state index contributed by atoms with van der Waals surface area (Å²) in [4.78, 5) is 10.6. The largest absolute Gasteiger partial charge is 0.481 e. The van der Waals surface area contributed by atoms with Crippen molar-refractivity contribution in [2.24, 2.45) is 5.41 Å². The zero-order chi connectivity index (χ0) is 9.78. The van der Waals surface area contributed by atoms with Gasteiger partial charge < -0.3 is 5.11 Å². The molecule has 0 spiro atoms. The van der Waals surface area contributed by atoms with Gasteiger partial charge in [0.25, 0.3) is 0 Å². The van der Waals surface area contributed by atoms with Crippen molar-refractivity contribution >= 4 is 5.97 Å². The van der Waals surface area contributed by atoms with Gasteiger partial charge in [0.15, 0.2) is 0 Å². The van der Waals surface area contributed by atoms with Gasteiger partial charge in [-0.05, 0) is 19.4 Å². The van der Waals surface area contributed by atoms with Crippen molar-refractivity contribution < 1.29 is 9.90 Å². The molecule has 0 unspecified atom stereocenters. The molecule has 0 heterocycles. The van der Waals surface area contributed by atoms with Gasteiger partial charge in [-0.15, -0.1) is 0 Å². The van der Waals surface area contributed by atoms with E-state index in [1.807, 2.05) is 0 Å². The van der Waals surface area contributed by atoms with Crippen molar-refractivity contribution in [1.29, 1.82) is 0 Å². The second-order valence-electron chi connectivity index (χ2n) is 3.14. The molecule has 1 N–H and O–H groups in total. The molecule has 0 saturated heterocycles. The average Bonchev–Trinajstić information content (AvgIpc) is 2.00. The minimum absolute atomic E-state index is 0.712. The lowest BCUT2D eigenvalue weighted by Crippen LogP contribution is -2.20. The van der Waals surface area contributed by atoms with Crippen molar-refractivity contribution in [1.82, 2.24) is 0 Å². The van der Waals surface area contributed by atoms with Gasteiger partial charge in [0.2, 0.25) is 0 Å². The van der Waals surface area contributed by atoms with Crippen LogP contribution in [-0.2, 0) is 4.79 Å². The standard InChI is InChI=1S/C10H14O2/c1-5-8(2)6-7-10(3,4)9(11)12/h5-7H,1-2H2,3-4H3,(H,11,12). The van der Waals surface area contributed by atoms with E-state index < -0.39 is 11.4 Å². The summed E-state index contributed by atoms with van der Waals surface area (Å²) in [7, 11) is 0. The summed E-state index contributed by atoms with van der Waals surface area (Å²) in [5, 5.41) is 8.72. The van der Waals surface area contributed by atoms with Crippen molar-refractivity contribution in [3.8, 4) is 0 Å². The Hall–Kier alpha value is -1.31. The van der Waals surface area contributed by atoms with Gasteiger partial charge >= 0.3 is 5.97 Å². The van der Waals surface area contributed by atoms with Crippen LogP contribution < -0.4 is 0 Å². The van der Waals surface area contributed by atoms with E-state index in [2.05, 4.69) is 13.2 Å². The van der Waals surface area contributed by atoms with Crippen LogP contribution in [0.5, 0.6) is 0 Å². The zero-order valence-electron chi connectivity index (χ0n) is 7.50. The van der Waals surface area contributed by atoms with Gasteiger partial charge in [-0.3, -0.25) is 4.79 Å². The molecule has 0 fully saturated rings. The summed E-state index contributed by atoms with van der Waals surface area (Å²) in [5.41, 5.74) is -0.129. The van der Waals surface area contributed by atoms with Crippen LogP contribution in [0.2, 0.25) is 0 Å². The third-order valence-electron chi connectivity index (χ3n) is 1.53. The SMILES string of the molecule is C=CC(=C)C=CC(C)(C)C(=O)O. The molecule has 12 heavy (non-hydrogen) atoms. The number of carboxylic acid groups (broad SMARTS) is 1. The van der Waals surface area contributed by atoms with E-state index in [0.717, 1.165) is 0 Å². The fourth-order valence-corrected chi connectivity index (χ4v) is 0.455. The summed E-state index contributed by atoms with van der Waals surface area (Å²) in [6.45, 7) is 10.4. The summed E-state index contributed by atoms with van der Waals surface area (Å²) in [5.74, 6) is -0.851. The van der Waals surface area contributed by atoms with E-state index in [1.165, 1.54) is 0 Å². The molecule has 2 nitrogen and oxygen atoms in total. The molecule has 0 amide bonds. The molecule has 0 rings (SSSR count). The van der Waals surface area contributed by atoms with E-state index in [1.54, 1.807) is 32.1 Å². The fourth-order valence-electron chi connectivity index (χ4n) is 0.455. The number of hydrogen-bond donors (Lipinski definition) is 1. The van der Waals surface area contributed by atoms with Crippen LogP contribution in [0.25, 0.3) is 0 Å². The van der Waals surface area contributed by atoms with Crippen LogP contribution in [-0.4, -0.2) is 11.1 Å². The van der Waals surface area contributed by atoms with E-state index in [4.69, 9.17) is 5.11 Å². The van der Waals surface area contributed by atoms with Gasteiger partial charge in [0.05, 0.1) is 5.41 Å². The molecule has 66 valence electrons. The molecule has 0 aromatic heterocycles. The number of allylic oxidation sites excluding steroid dienone is 3. The highest BCUT2D eigenvalue weighted by molar-refractivity contribution is 5.76. The summed E-state index contributed by atoms with van der Waals surface area (Å²) in [6.07, 6.45) is 4.83. The maximum Gasteiger partial charge on any atom is 0.312 e. The van der Waals surface area contributed by atoms with Crippen molar-refractivity contribution in [2.75, 3.05) is 0 Å². The quantitative estimate of drug-likeness (QED) is 0.651. The first-order valence-corrected chi connectivity index (χ1v) is 3.64. The van der Waals surface area contributed by atoms with Gasteiger partial charge in [0, 0.05) is 0 Å². The lowest BCUT2D eigenvalue weighted by molar-refractivity contribution is -0.144. The Kier molecular flexibility index (Phi) is 3.48. The molecule has 0 aliphatic carbocycles. The third-order valence-corrected chi connectivity index (χ3v) is 1.53. The van der Waals surface area contributed by atoms with Crippen LogP contribution in [0.15, 0.2) is 37.0 Å². The Bertz CT molecular complexity index is 234. The first-order chi connectivity index (χ1) is 5.40. The first-order valence-electron chi connectivity index (χ1n) is 3.64. The molecule has 0 radical (unpaired) electrons. The molecule has 0 aromatic rings. The molecule has 0 aliphatic heterocycles. The molecule has 0 saturated carbocycles. The zero-order valence-corrected chi connectivity index (χ0v) is 7.50. The Balaban J connectivity index is 4.43. The van der Waals surface area contributed by atoms with E-state index in [0.29, 0.717) is 5.57 Å². The maximum absolute atomic E-state index is 10.6.